The van der Waals surface area contributed by atoms with Gasteiger partial charge in [-0.1, -0.05) is 18.9 Å². The fourth-order valence-corrected chi connectivity index (χ4v) is 2.98. The van der Waals surface area contributed by atoms with Crippen LogP contribution in [-0.4, -0.2) is 23.5 Å². The van der Waals surface area contributed by atoms with Crippen molar-refractivity contribution in [1.82, 2.24) is 5.32 Å². The first-order valence-electron chi connectivity index (χ1n) is 5.74. The Bertz CT molecular complexity index is 212. The summed E-state index contributed by atoms with van der Waals surface area (Å²) in [7, 11) is 0. The van der Waals surface area contributed by atoms with Crippen LogP contribution in [-0.2, 0) is 4.79 Å². The molecule has 3 heteroatoms. The molecule has 0 spiro atoms. The van der Waals surface area contributed by atoms with Crippen LogP contribution in [0, 0.1) is 5.92 Å². The molecular weight excluding hydrogens is 206 g/mol. The first kappa shape index (κ1) is 12.6. The molecule has 86 valence electrons. The normalized spacial score (nSPS) is 18.7. The van der Waals surface area contributed by atoms with Crippen LogP contribution in [0.25, 0.3) is 0 Å². The second-order valence-electron chi connectivity index (χ2n) is 4.16. The van der Waals surface area contributed by atoms with Crippen molar-refractivity contribution < 1.29 is 4.79 Å². The third-order valence-electron chi connectivity index (χ3n) is 2.85. The molecule has 0 aromatic carbocycles. The summed E-state index contributed by atoms with van der Waals surface area (Å²) >= 11 is 1.79. The molecule has 0 heterocycles. The average Bonchev–Trinajstić information content (AvgIpc) is 2.75. The van der Waals surface area contributed by atoms with Crippen LogP contribution in [0.2, 0.25) is 0 Å². The molecule has 2 nitrogen and oxygen atoms in total. The molecule has 1 atom stereocenters. The van der Waals surface area contributed by atoms with E-state index in [1.54, 1.807) is 17.8 Å². The van der Waals surface area contributed by atoms with Crippen molar-refractivity contribution in [3.63, 3.8) is 0 Å². The minimum Gasteiger partial charge on any atom is -0.352 e. The summed E-state index contributed by atoms with van der Waals surface area (Å²) in [5.41, 5.74) is 0. The Morgan fingerprint density at radius 1 is 1.60 bits per heavy atom. The van der Waals surface area contributed by atoms with Crippen LogP contribution < -0.4 is 5.32 Å². The van der Waals surface area contributed by atoms with E-state index >= 15 is 0 Å². The maximum Gasteiger partial charge on any atom is 0.233 e. The van der Waals surface area contributed by atoms with E-state index in [2.05, 4.69) is 11.9 Å². The summed E-state index contributed by atoms with van der Waals surface area (Å²) in [6, 6.07) is 0. The minimum absolute atomic E-state index is 0.0746. The Morgan fingerprint density at radius 3 is 2.87 bits per heavy atom. The van der Waals surface area contributed by atoms with E-state index in [-0.39, 0.29) is 11.2 Å². The molecule has 0 saturated heterocycles. The van der Waals surface area contributed by atoms with Crippen molar-refractivity contribution in [2.45, 2.75) is 37.9 Å². The van der Waals surface area contributed by atoms with Gasteiger partial charge in [-0.3, -0.25) is 4.79 Å². The molecule has 0 unspecified atom stereocenters. The van der Waals surface area contributed by atoms with Crippen molar-refractivity contribution in [2.75, 3.05) is 12.3 Å². The van der Waals surface area contributed by atoms with Crippen LogP contribution in [0.15, 0.2) is 12.7 Å². The highest BCUT2D eigenvalue weighted by Crippen LogP contribution is 2.29. The third kappa shape index (κ3) is 4.74. The smallest absolute Gasteiger partial charge is 0.233 e. The van der Waals surface area contributed by atoms with E-state index in [9.17, 15) is 4.79 Å². The van der Waals surface area contributed by atoms with E-state index in [1.165, 1.54) is 25.7 Å². The zero-order valence-corrected chi connectivity index (χ0v) is 10.3. The summed E-state index contributed by atoms with van der Waals surface area (Å²) in [5.74, 6) is 2.13. The molecule has 1 aliphatic rings. The summed E-state index contributed by atoms with van der Waals surface area (Å²) in [6.45, 7) is 6.14. The quantitative estimate of drug-likeness (QED) is 0.707. The molecular formula is C12H21NOS. The largest absolute Gasteiger partial charge is 0.352 e. The standard InChI is InChI=1S/C12H21NOS/c1-3-8-13-12(14)10(2)15-9-11-6-4-5-7-11/h3,10-11H,1,4-9H2,2H3,(H,13,14)/t10-/m0/s1. The maximum atomic E-state index is 11.5. The third-order valence-corrected chi connectivity index (χ3v) is 4.22. The Morgan fingerprint density at radius 2 is 2.27 bits per heavy atom. The minimum atomic E-state index is 0.0746. The van der Waals surface area contributed by atoms with Gasteiger partial charge in [0.2, 0.25) is 5.91 Å². The first-order valence-corrected chi connectivity index (χ1v) is 6.79. The lowest BCUT2D eigenvalue weighted by Crippen LogP contribution is -2.31. The van der Waals surface area contributed by atoms with Gasteiger partial charge >= 0.3 is 0 Å². The Labute approximate surface area is 96.9 Å². The topological polar surface area (TPSA) is 29.1 Å². The van der Waals surface area contributed by atoms with E-state index < -0.39 is 0 Å². The Hall–Kier alpha value is -0.440. The molecule has 15 heavy (non-hydrogen) atoms. The lowest BCUT2D eigenvalue weighted by Gasteiger charge is -2.13. The molecule has 0 radical (unpaired) electrons. The monoisotopic (exact) mass is 227 g/mol. The van der Waals surface area contributed by atoms with Gasteiger partial charge in [0.05, 0.1) is 5.25 Å². The number of thioether (sulfide) groups is 1. The lowest BCUT2D eigenvalue weighted by molar-refractivity contribution is -0.120. The Balaban J connectivity index is 2.13. The number of nitrogens with one attached hydrogen (secondary N) is 1. The Kier molecular flexibility index (Phi) is 5.84. The number of rotatable bonds is 6. The molecule has 1 amide bonds. The van der Waals surface area contributed by atoms with Gasteiger partial charge in [-0.2, -0.15) is 0 Å². The van der Waals surface area contributed by atoms with Gasteiger partial charge in [0.1, 0.15) is 0 Å². The molecule has 0 aliphatic heterocycles. The first-order chi connectivity index (χ1) is 7.24. The van der Waals surface area contributed by atoms with Crippen molar-refractivity contribution in [1.29, 1.82) is 0 Å². The number of carbonyl (C=O) groups is 1. The van der Waals surface area contributed by atoms with E-state index in [1.807, 2.05) is 6.92 Å². The van der Waals surface area contributed by atoms with Gasteiger partial charge < -0.3 is 5.32 Å². The van der Waals surface area contributed by atoms with Gasteiger partial charge in [-0.05, 0) is 31.4 Å². The zero-order valence-electron chi connectivity index (χ0n) is 9.50. The number of hydrogen-bond donors (Lipinski definition) is 1. The number of carbonyl (C=O) groups excluding carboxylic acids is 1. The summed E-state index contributed by atoms with van der Waals surface area (Å²) in [4.78, 5) is 11.5. The van der Waals surface area contributed by atoms with Crippen molar-refractivity contribution in [2.24, 2.45) is 5.92 Å². The SMILES string of the molecule is C=CCNC(=O)[C@H](C)SCC1CCCC1. The second-order valence-corrected chi connectivity index (χ2v) is 5.53. The highest BCUT2D eigenvalue weighted by Gasteiger charge is 2.18. The van der Waals surface area contributed by atoms with E-state index in [4.69, 9.17) is 0 Å². The lowest BCUT2D eigenvalue weighted by atomic mass is 10.1. The number of hydrogen-bond acceptors (Lipinski definition) is 2. The van der Waals surface area contributed by atoms with Crippen molar-refractivity contribution in [3.8, 4) is 0 Å². The average molecular weight is 227 g/mol. The zero-order chi connectivity index (χ0) is 11.1. The van der Waals surface area contributed by atoms with Gasteiger partial charge in [0.25, 0.3) is 0 Å². The molecule has 1 aliphatic carbocycles. The predicted octanol–water partition coefficient (Wildman–Crippen LogP) is 2.60. The fourth-order valence-electron chi connectivity index (χ4n) is 1.85. The van der Waals surface area contributed by atoms with E-state index in [0.717, 1.165) is 11.7 Å². The van der Waals surface area contributed by atoms with Gasteiger partial charge in [-0.15, -0.1) is 18.3 Å². The summed E-state index contributed by atoms with van der Waals surface area (Å²) < 4.78 is 0. The van der Waals surface area contributed by atoms with Crippen LogP contribution in [0.5, 0.6) is 0 Å². The van der Waals surface area contributed by atoms with Crippen LogP contribution in [0.3, 0.4) is 0 Å². The summed E-state index contributed by atoms with van der Waals surface area (Å²) in [6.07, 6.45) is 7.18. The van der Waals surface area contributed by atoms with Gasteiger partial charge in [-0.25, -0.2) is 0 Å². The fraction of sp³-hybridized carbons (Fsp3) is 0.750. The van der Waals surface area contributed by atoms with Gasteiger partial charge in [0.15, 0.2) is 0 Å². The molecule has 0 bridgehead atoms. The highest BCUT2D eigenvalue weighted by atomic mass is 32.2. The molecule has 1 fully saturated rings. The second kappa shape index (κ2) is 6.94. The number of amides is 1. The molecule has 1 rings (SSSR count). The van der Waals surface area contributed by atoms with Crippen LogP contribution >= 0.6 is 11.8 Å². The molecule has 1 saturated carbocycles. The molecule has 0 aromatic rings. The molecule has 0 aromatic heterocycles. The van der Waals surface area contributed by atoms with Crippen molar-refractivity contribution >= 4 is 17.7 Å². The summed E-state index contributed by atoms with van der Waals surface area (Å²) in [5, 5.41) is 2.90. The maximum absolute atomic E-state index is 11.5. The predicted molar refractivity (Wildman–Crippen MR) is 67.1 cm³/mol. The molecule has 1 N–H and O–H groups in total. The van der Waals surface area contributed by atoms with Crippen molar-refractivity contribution in [3.05, 3.63) is 12.7 Å². The van der Waals surface area contributed by atoms with E-state index in [0.29, 0.717) is 6.54 Å². The highest BCUT2D eigenvalue weighted by molar-refractivity contribution is 8.00. The van der Waals surface area contributed by atoms with Gasteiger partial charge in [0, 0.05) is 6.54 Å². The van der Waals surface area contributed by atoms with Crippen LogP contribution in [0.1, 0.15) is 32.6 Å². The van der Waals surface area contributed by atoms with Crippen LogP contribution in [0.4, 0.5) is 0 Å².